The van der Waals surface area contributed by atoms with Gasteiger partial charge >= 0.3 is 0 Å². The first-order chi connectivity index (χ1) is 10.1. The smallest absolute Gasteiger partial charge is 0.260 e. The van der Waals surface area contributed by atoms with Crippen LogP contribution in [0.2, 0.25) is 0 Å². The summed E-state index contributed by atoms with van der Waals surface area (Å²) in [5.41, 5.74) is -1.63. The van der Waals surface area contributed by atoms with Gasteiger partial charge in [0.1, 0.15) is 0 Å². The molecule has 0 spiro atoms. The number of likely N-dealkylation sites (tertiary alicyclic amines) is 1. The lowest BCUT2D eigenvalue weighted by atomic mass is 9.81. The fourth-order valence-electron chi connectivity index (χ4n) is 3.58. The molecule has 0 aromatic carbocycles. The molecular weight excluding hydrogens is 277 g/mol. The largest absolute Gasteiger partial charge is 0.375 e. The molecule has 114 valence electrons. The van der Waals surface area contributed by atoms with Gasteiger partial charge in [0.2, 0.25) is 5.89 Å². The number of aromatic nitrogens is 2. The Kier molecular flexibility index (Phi) is 2.82. The van der Waals surface area contributed by atoms with Crippen molar-refractivity contribution in [2.45, 2.75) is 43.9 Å². The Balaban J connectivity index is 1.49. The monoisotopic (exact) mass is 295 g/mol. The number of nitrogens with zero attached hydrogens (tertiary/aromatic N) is 3. The minimum absolute atomic E-state index is 0.00551. The number of ether oxygens (including phenoxy) is 1. The van der Waals surface area contributed by atoms with Gasteiger partial charge in [0.25, 0.3) is 5.91 Å². The van der Waals surface area contributed by atoms with Crippen molar-refractivity contribution < 1.29 is 18.4 Å². The van der Waals surface area contributed by atoms with Crippen LogP contribution in [-0.2, 0) is 9.53 Å². The van der Waals surface area contributed by atoms with Crippen LogP contribution < -0.4 is 0 Å². The molecule has 3 atom stereocenters. The highest BCUT2D eigenvalue weighted by Crippen LogP contribution is 2.43. The van der Waals surface area contributed by atoms with Gasteiger partial charge in [-0.25, -0.2) is 4.39 Å². The fourth-order valence-corrected chi connectivity index (χ4v) is 3.58. The summed E-state index contributed by atoms with van der Waals surface area (Å²) in [5, 5.41) is 3.81. The van der Waals surface area contributed by atoms with Gasteiger partial charge < -0.3 is 14.2 Å². The Hall–Kier alpha value is -1.50. The molecule has 2 saturated heterocycles. The molecule has 21 heavy (non-hydrogen) atoms. The van der Waals surface area contributed by atoms with Gasteiger partial charge in [0.15, 0.2) is 11.5 Å². The third kappa shape index (κ3) is 1.97. The number of alkyl halides is 1. The van der Waals surface area contributed by atoms with Crippen molar-refractivity contribution in [1.29, 1.82) is 0 Å². The van der Waals surface area contributed by atoms with Gasteiger partial charge in [-0.05, 0) is 26.2 Å². The molecule has 6 nitrogen and oxygen atoms in total. The molecule has 0 radical (unpaired) electrons. The molecular formula is C14H18FN3O3. The maximum atomic E-state index is 14.3. The summed E-state index contributed by atoms with van der Waals surface area (Å²) < 4.78 is 25.3. The van der Waals surface area contributed by atoms with Crippen LogP contribution in [0.4, 0.5) is 4.39 Å². The number of carbonyl (C=O) groups excluding carboxylic acids is 1. The Morgan fingerprint density at radius 1 is 1.43 bits per heavy atom. The van der Waals surface area contributed by atoms with Crippen molar-refractivity contribution in [3.63, 3.8) is 0 Å². The van der Waals surface area contributed by atoms with Crippen molar-refractivity contribution >= 4 is 5.91 Å². The normalized spacial score (nSPS) is 33.8. The summed E-state index contributed by atoms with van der Waals surface area (Å²) in [6, 6.07) is 0. The van der Waals surface area contributed by atoms with Crippen LogP contribution in [-0.4, -0.2) is 52.4 Å². The van der Waals surface area contributed by atoms with Gasteiger partial charge in [-0.2, -0.15) is 4.98 Å². The second kappa shape index (κ2) is 4.50. The Labute approximate surface area is 121 Å². The van der Waals surface area contributed by atoms with E-state index in [0.29, 0.717) is 44.3 Å². The molecule has 1 aromatic rings. The zero-order valence-electron chi connectivity index (χ0n) is 11.9. The number of hydrogen-bond donors (Lipinski definition) is 0. The summed E-state index contributed by atoms with van der Waals surface area (Å²) >= 11 is 0. The number of hydrogen-bond acceptors (Lipinski definition) is 5. The number of fused-ring (bicyclic) bond motifs is 1. The second-order valence-electron chi connectivity index (χ2n) is 6.35. The summed E-state index contributed by atoms with van der Waals surface area (Å²) in [6.07, 6.45) is 1.45. The summed E-state index contributed by atoms with van der Waals surface area (Å²) in [6.45, 7) is 3.29. The van der Waals surface area contributed by atoms with Crippen molar-refractivity contribution in [2.75, 3.05) is 19.7 Å². The summed E-state index contributed by atoms with van der Waals surface area (Å²) in [5.74, 6) is 0.917. The lowest BCUT2D eigenvalue weighted by Gasteiger charge is -2.35. The van der Waals surface area contributed by atoms with Crippen molar-refractivity contribution in [1.82, 2.24) is 15.0 Å². The number of aryl methyl sites for hydroxylation is 1. The molecule has 4 rings (SSSR count). The molecule has 3 heterocycles. The van der Waals surface area contributed by atoms with E-state index in [1.165, 1.54) is 0 Å². The zero-order chi connectivity index (χ0) is 14.6. The van der Waals surface area contributed by atoms with Gasteiger partial charge in [-0.15, -0.1) is 0 Å². The number of rotatable bonds is 2. The molecule has 3 aliphatic rings. The van der Waals surface area contributed by atoms with Crippen molar-refractivity contribution in [2.24, 2.45) is 5.92 Å². The molecule has 7 heteroatoms. The number of carbonyl (C=O) groups is 1. The lowest BCUT2D eigenvalue weighted by Crippen LogP contribution is -2.50. The zero-order valence-corrected chi connectivity index (χ0v) is 11.9. The van der Waals surface area contributed by atoms with E-state index >= 15 is 0 Å². The third-order valence-corrected chi connectivity index (χ3v) is 4.99. The number of amides is 1. The lowest BCUT2D eigenvalue weighted by molar-refractivity contribution is -0.149. The van der Waals surface area contributed by atoms with E-state index in [-0.39, 0.29) is 23.8 Å². The average molecular weight is 295 g/mol. The quantitative estimate of drug-likeness (QED) is 0.820. The second-order valence-corrected chi connectivity index (χ2v) is 6.35. The predicted octanol–water partition coefficient (Wildman–Crippen LogP) is 1.21. The van der Waals surface area contributed by atoms with Gasteiger partial charge in [0.05, 0.1) is 18.6 Å². The first-order valence-corrected chi connectivity index (χ1v) is 7.47. The van der Waals surface area contributed by atoms with Gasteiger partial charge in [-0.3, -0.25) is 4.79 Å². The highest BCUT2D eigenvalue weighted by atomic mass is 19.1. The van der Waals surface area contributed by atoms with E-state index in [2.05, 4.69) is 10.1 Å². The minimum Gasteiger partial charge on any atom is -0.375 e. The van der Waals surface area contributed by atoms with Crippen LogP contribution in [0.5, 0.6) is 0 Å². The first-order valence-electron chi connectivity index (χ1n) is 7.47. The third-order valence-electron chi connectivity index (χ3n) is 4.99. The van der Waals surface area contributed by atoms with E-state index in [1.54, 1.807) is 11.8 Å². The van der Waals surface area contributed by atoms with Crippen LogP contribution in [0.25, 0.3) is 0 Å². The van der Waals surface area contributed by atoms with Crippen molar-refractivity contribution in [3.8, 4) is 0 Å². The molecule has 0 bridgehead atoms. The minimum atomic E-state index is -1.63. The summed E-state index contributed by atoms with van der Waals surface area (Å²) in [4.78, 5) is 18.2. The maximum absolute atomic E-state index is 14.3. The van der Waals surface area contributed by atoms with E-state index < -0.39 is 5.67 Å². The number of halogens is 1. The highest BCUT2D eigenvalue weighted by molar-refractivity contribution is 5.86. The molecule has 1 aromatic heterocycles. The van der Waals surface area contributed by atoms with Crippen LogP contribution in [0.15, 0.2) is 4.52 Å². The summed E-state index contributed by atoms with van der Waals surface area (Å²) in [7, 11) is 0. The Morgan fingerprint density at radius 3 is 2.86 bits per heavy atom. The van der Waals surface area contributed by atoms with E-state index in [9.17, 15) is 9.18 Å². The SMILES string of the molecule is Cc1noc([C@H]2CO[C@@H]3CN(C(=O)C4(F)CCC4)C[C@H]23)n1. The van der Waals surface area contributed by atoms with E-state index in [4.69, 9.17) is 9.26 Å². The Bertz CT molecular complexity index is 572. The molecule has 0 N–H and O–H groups in total. The molecule has 1 aliphatic carbocycles. The van der Waals surface area contributed by atoms with E-state index in [0.717, 1.165) is 6.42 Å². The van der Waals surface area contributed by atoms with Crippen LogP contribution in [0, 0.1) is 12.8 Å². The highest BCUT2D eigenvalue weighted by Gasteiger charge is 2.53. The van der Waals surface area contributed by atoms with Crippen LogP contribution in [0.3, 0.4) is 0 Å². The molecule has 1 amide bonds. The average Bonchev–Trinajstić information content (AvgIpc) is 3.09. The predicted molar refractivity (Wildman–Crippen MR) is 69.3 cm³/mol. The van der Waals surface area contributed by atoms with Gasteiger partial charge in [0, 0.05) is 19.0 Å². The van der Waals surface area contributed by atoms with Crippen LogP contribution in [0.1, 0.15) is 36.9 Å². The van der Waals surface area contributed by atoms with Crippen molar-refractivity contribution in [3.05, 3.63) is 11.7 Å². The maximum Gasteiger partial charge on any atom is 0.260 e. The first kappa shape index (κ1) is 13.2. The topological polar surface area (TPSA) is 68.5 Å². The van der Waals surface area contributed by atoms with E-state index in [1.807, 2.05) is 0 Å². The molecule has 1 saturated carbocycles. The Morgan fingerprint density at radius 2 is 2.24 bits per heavy atom. The standard InChI is InChI=1S/C14H18FN3O3/c1-8-16-12(21-17-8)10-7-20-11-6-18(5-9(10)11)13(19)14(15)3-2-4-14/h9-11H,2-7H2,1H3/t9-,10+,11-/m1/s1. The molecule has 0 unspecified atom stereocenters. The molecule has 2 aliphatic heterocycles. The molecule has 3 fully saturated rings. The fraction of sp³-hybridized carbons (Fsp3) is 0.786. The van der Waals surface area contributed by atoms with Crippen LogP contribution >= 0.6 is 0 Å². The van der Waals surface area contributed by atoms with Gasteiger partial charge in [-0.1, -0.05) is 5.16 Å².